The Hall–Kier alpha value is -2.89. The van der Waals surface area contributed by atoms with Gasteiger partial charge in [-0.1, -0.05) is 0 Å². The average molecular weight is 345 g/mol. The highest BCUT2D eigenvalue weighted by molar-refractivity contribution is 5.92. The molecule has 2 rings (SSSR count). The number of amides is 1. The normalized spacial score (nSPS) is 12.0. The highest BCUT2D eigenvalue weighted by Crippen LogP contribution is 2.38. The number of rotatable bonds is 7. The van der Waals surface area contributed by atoms with Crippen LogP contribution in [0.2, 0.25) is 0 Å². The summed E-state index contributed by atoms with van der Waals surface area (Å²) >= 11 is 0. The maximum Gasteiger partial charge on any atom is 0.244 e. The third-order valence-corrected chi connectivity index (χ3v) is 3.66. The van der Waals surface area contributed by atoms with E-state index in [0.29, 0.717) is 23.0 Å². The van der Waals surface area contributed by atoms with E-state index in [4.69, 9.17) is 18.6 Å². The van der Waals surface area contributed by atoms with Crippen molar-refractivity contribution < 1.29 is 23.4 Å². The molecule has 0 aliphatic heterocycles. The molecule has 1 amide bonds. The lowest BCUT2D eigenvalue weighted by molar-refractivity contribution is -0.117. The Morgan fingerprint density at radius 1 is 1.12 bits per heavy atom. The largest absolute Gasteiger partial charge is 0.493 e. The minimum atomic E-state index is -0.227. The Morgan fingerprint density at radius 3 is 2.24 bits per heavy atom. The van der Waals surface area contributed by atoms with Crippen molar-refractivity contribution in [3.63, 3.8) is 0 Å². The monoisotopic (exact) mass is 345 g/mol. The molecule has 6 heteroatoms. The van der Waals surface area contributed by atoms with E-state index in [1.54, 1.807) is 39.5 Å². The van der Waals surface area contributed by atoms with Gasteiger partial charge in [0.05, 0.1) is 27.4 Å². The first-order valence-corrected chi connectivity index (χ1v) is 7.83. The molecule has 0 spiro atoms. The first-order chi connectivity index (χ1) is 12.0. The summed E-state index contributed by atoms with van der Waals surface area (Å²) in [5, 5.41) is 2.85. The van der Waals surface area contributed by atoms with Gasteiger partial charge in [0.2, 0.25) is 11.7 Å². The van der Waals surface area contributed by atoms with Gasteiger partial charge in [0, 0.05) is 6.08 Å². The van der Waals surface area contributed by atoms with Crippen molar-refractivity contribution in [1.82, 2.24) is 5.32 Å². The van der Waals surface area contributed by atoms with E-state index in [1.165, 1.54) is 6.08 Å². The van der Waals surface area contributed by atoms with Crippen LogP contribution >= 0.6 is 0 Å². The molecule has 0 aliphatic carbocycles. The van der Waals surface area contributed by atoms with Gasteiger partial charge in [0.15, 0.2) is 11.5 Å². The van der Waals surface area contributed by atoms with Crippen molar-refractivity contribution in [3.8, 4) is 17.2 Å². The van der Waals surface area contributed by atoms with Crippen LogP contribution in [0.4, 0.5) is 0 Å². The molecule has 0 fully saturated rings. The maximum atomic E-state index is 12.1. The highest BCUT2D eigenvalue weighted by atomic mass is 16.5. The fraction of sp³-hybridized carbons (Fsp3) is 0.316. The van der Waals surface area contributed by atoms with Crippen LogP contribution in [0.25, 0.3) is 6.08 Å². The van der Waals surface area contributed by atoms with Crippen molar-refractivity contribution in [1.29, 1.82) is 0 Å². The maximum absolute atomic E-state index is 12.1. The number of furan rings is 1. The molecule has 1 atom stereocenters. The molecule has 1 aromatic carbocycles. The number of aryl methyl sites for hydroxylation is 1. The summed E-state index contributed by atoms with van der Waals surface area (Å²) < 4.78 is 21.4. The molecular weight excluding hydrogens is 322 g/mol. The quantitative estimate of drug-likeness (QED) is 0.778. The Balaban J connectivity index is 2.11. The van der Waals surface area contributed by atoms with Crippen LogP contribution in [-0.2, 0) is 4.79 Å². The molecular formula is C19H23NO5. The summed E-state index contributed by atoms with van der Waals surface area (Å²) in [6, 6.07) is 7.03. The molecule has 1 aromatic heterocycles. The molecule has 134 valence electrons. The lowest BCUT2D eigenvalue weighted by Crippen LogP contribution is -2.24. The van der Waals surface area contributed by atoms with Crippen LogP contribution in [0.1, 0.15) is 30.0 Å². The summed E-state index contributed by atoms with van der Waals surface area (Å²) in [7, 11) is 4.64. The number of methoxy groups -OCH3 is 3. The van der Waals surface area contributed by atoms with Crippen molar-refractivity contribution >= 4 is 12.0 Å². The average Bonchev–Trinajstić information content (AvgIpc) is 3.05. The van der Waals surface area contributed by atoms with E-state index in [1.807, 2.05) is 26.0 Å². The number of ether oxygens (including phenoxy) is 3. The standard InChI is InChI=1S/C19H23NO5/c1-12-6-8-15(25-12)13(2)20-18(21)9-7-14-10-16(22-3)19(24-5)17(11-14)23-4/h6-11,13H,1-5H3,(H,20,21)/b9-7+. The Bertz CT molecular complexity index is 738. The summed E-state index contributed by atoms with van der Waals surface area (Å²) in [5.74, 6) is 2.86. The molecule has 1 N–H and O–H groups in total. The number of benzene rings is 1. The van der Waals surface area contributed by atoms with Crippen LogP contribution in [0.3, 0.4) is 0 Å². The molecule has 6 nitrogen and oxygen atoms in total. The summed E-state index contributed by atoms with van der Waals surface area (Å²) in [5.41, 5.74) is 0.756. The molecule has 0 aliphatic rings. The zero-order valence-corrected chi connectivity index (χ0v) is 15.1. The second kappa shape index (κ2) is 8.28. The molecule has 1 unspecified atom stereocenters. The fourth-order valence-electron chi connectivity index (χ4n) is 2.39. The van der Waals surface area contributed by atoms with E-state index < -0.39 is 0 Å². The highest BCUT2D eigenvalue weighted by Gasteiger charge is 2.13. The van der Waals surface area contributed by atoms with Gasteiger partial charge in [0.1, 0.15) is 11.5 Å². The van der Waals surface area contributed by atoms with Gasteiger partial charge >= 0.3 is 0 Å². The number of carbonyl (C=O) groups is 1. The minimum absolute atomic E-state index is 0.217. The van der Waals surface area contributed by atoms with E-state index in [-0.39, 0.29) is 11.9 Å². The first-order valence-electron chi connectivity index (χ1n) is 7.83. The van der Waals surface area contributed by atoms with Gasteiger partial charge in [-0.3, -0.25) is 4.79 Å². The van der Waals surface area contributed by atoms with Gasteiger partial charge < -0.3 is 23.9 Å². The second-order valence-electron chi connectivity index (χ2n) is 5.47. The van der Waals surface area contributed by atoms with Crippen LogP contribution in [0.5, 0.6) is 17.2 Å². The SMILES string of the molecule is COc1cc(/C=C/C(=O)NC(C)c2ccc(C)o2)cc(OC)c1OC. The Kier molecular flexibility index (Phi) is 6.11. The van der Waals surface area contributed by atoms with Crippen molar-refractivity contribution in [2.24, 2.45) is 0 Å². The number of hydrogen-bond donors (Lipinski definition) is 1. The topological polar surface area (TPSA) is 69.9 Å². The predicted molar refractivity (Wildman–Crippen MR) is 95.1 cm³/mol. The van der Waals surface area contributed by atoms with Gasteiger partial charge in [-0.05, 0) is 49.8 Å². The van der Waals surface area contributed by atoms with E-state index in [9.17, 15) is 4.79 Å². The molecule has 2 aromatic rings. The lowest BCUT2D eigenvalue weighted by Gasteiger charge is -2.13. The van der Waals surface area contributed by atoms with E-state index >= 15 is 0 Å². The number of carbonyl (C=O) groups excluding carboxylic acids is 1. The van der Waals surface area contributed by atoms with Gasteiger partial charge in [-0.25, -0.2) is 0 Å². The zero-order valence-electron chi connectivity index (χ0n) is 15.1. The van der Waals surface area contributed by atoms with Crippen molar-refractivity contribution in [2.45, 2.75) is 19.9 Å². The number of hydrogen-bond acceptors (Lipinski definition) is 5. The second-order valence-corrected chi connectivity index (χ2v) is 5.47. The molecule has 25 heavy (non-hydrogen) atoms. The van der Waals surface area contributed by atoms with Crippen LogP contribution in [-0.4, -0.2) is 27.2 Å². The summed E-state index contributed by atoms with van der Waals surface area (Å²) in [6.45, 7) is 3.73. The minimum Gasteiger partial charge on any atom is -0.493 e. The summed E-state index contributed by atoms with van der Waals surface area (Å²) in [4.78, 5) is 12.1. The molecule has 0 saturated heterocycles. The Labute approximate surface area is 147 Å². The van der Waals surface area contributed by atoms with Gasteiger partial charge in [-0.2, -0.15) is 0 Å². The van der Waals surface area contributed by atoms with Gasteiger partial charge in [0.25, 0.3) is 0 Å². The Morgan fingerprint density at radius 2 is 1.76 bits per heavy atom. The molecule has 0 bridgehead atoms. The fourth-order valence-corrected chi connectivity index (χ4v) is 2.39. The third kappa shape index (κ3) is 4.56. The van der Waals surface area contributed by atoms with Crippen molar-refractivity contribution in [3.05, 3.63) is 47.4 Å². The first kappa shape index (κ1) is 18.4. The smallest absolute Gasteiger partial charge is 0.244 e. The van der Waals surface area contributed by atoms with Crippen LogP contribution < -0.4 is 19.5 Å². The lowest BCUT2D eigenvalue weighted by atomic mass is 10.1. The van der Waals surface area contributed by atoms with E-state index in [2.05, 4.69) is 5.32 Å². The van der Waals surface area contributed by atoms with Crippen LogP contribution in [0.15, 0.2) is 34.8 Å². The zero-order chi connectivity index (χ0) is 18.4. The van der Waals surface area contributed by atoms with Gasteiger partial charge in [-0.15, -0.1) is 0 Å². The molecule has 0 radical (unpaired) electrons. The van der Waals surface area contributed by atoms with E-state index in [0.717, 1.165) is 11.3 Å². The molecule has 0 saturated carbocycles. The molecule has 1 heterocycles. The summed E-state index contributed by atoms with van der Waals surface area (Å²) in [6.07, 6.45) is 3.13. The third-order valence-electron chi connectivity index (χ3n) is 3.66. The van der Waals surface area contributed by atoms with Crippen LogP contribution in [0, 0.1) is 6.92 Å². The van der Waals surface area contributed by atoms with Crippen molar-refractivity contribution in [2.75, 3.05) is 21.3 Å². The predicted octanol–water partition coefficient (Wildman–Crippen LogP) is 3.50. The number of nitrogens with one attached hydrogen (secondary N) is 1.